The highest BCUT2D eigenvalue weighted by Gasteiger charge is 2.04. The van der Waals surface area contributed by atoms with Crippen LogP contribution >= 0.6 is 43.6 Å². The van der Waals surface area contributed by atoms with Crippen molar-refractivity contribution >= 4 is 43.6 Å². The predicted molar refractivity (Wildman–Crippen MR) is 75.7 cm³/mol. The third-order valence-electron chi connectivity index (χ3n) is 2.07. The molecule has 17 heavy (non-hydrogen) atoms. The number of phenolic OH excluding ortho intramolecular Hbond substituents is 2. The van der Waals surface area contributed by atoms with E-state index in [2.05, 4.69) is 31.9 Å². The molecule has 0 bridgehead atoms. The first-order chi connectivity index (χ1) is 8.06. The van der Waals surface area contributed by atoms with E-state index in [-0.39, 0.29) is 11.5 Å². The summed E-state index contributed by atoms with van der Waals surface area (Å²) in [5.74, 6) is 0.447. The van der Waals surface area contributed by atoms with Crippen LogP contribution in [0.15, 0.2) is 55.1 Å². The molecule has 2 aromatic rings. The van der Waals surface area contributed by atoms with Crippen molar-refractivity contribution in [3.63, 3.8) is 0 Å². The highest BCUT2D eigenvalue weighted by Crippen LogP contribution is 2.36. The maximum Gasteiger partial charge on any atom is 0.129 e. The Morgan fingerprint density at radius 1 is 0.765 bits per heavy atom. The zero-order valence-corrected chi connectivity index (χ0v) is 12.5. The fourth-order valence-corrected chi connectivity index (χ4v) is 3.20. The van der Waals surface area contributed by atoms with Crippen molar-refractivity contribution in [1.29, 1.82) is 0 Å². The zero-order chi connectivity index (χ0) is 12.4. The van der Waals surface area contributed by atoms with E-state index in [0.29, 0.717) is 8.95 Å². The third-order valence-corrected chi connectivity index (χ3v) is 4.32. The molecule has 2 aromatic carbocycles. The molecule has 2 N–H and O–H groups in total. The van der Waals surface area contributed by atoms with Crippen LogP contribution in [0.3, 0.4) is 0 Å². The van der Waals surface area contributed by atoms with Crippen LogP contribution in [0, 0.1) is 0 Å². The molecule has 5 heteroatoms. The van der Waals surface area contributed by atoms with Crippen LogP contribution in [0.25, 0.3) is 0 Å². The molecule has 0 radical (unpaired) electrons. The summed E-state index contributed by atoms with van der Waals surface area (Å²) < 4.78 is 1.33. The lowest BCUT2D eigenvalue weighted by Crippen LogP contribution is -1.76. The Bertz CT molecular complexity index is 509. The Hall–Kier alpha value is -0.650. The second-order valence-electron chi connectivity index (χ2n) is 3.33. The predicted octanol–water partition coefficient (Wildman–Crippen LogP) is 4.77. The van der Waals surface area contributed by atoms with Gasteiger partial charge >= 0.3 is 0 Å². The van der Waals surface area contributed by atoms with Crippen LogP contribution in [0.5, 0.6) is 11.5 Å². The van der Waals surface area contributed by atoms with E-state index in [4.69, 9.17) is 0 Å². The van der Waals surface area contributed by atoms with E-state index in [0.717, 1.165) is 9.79 Å². The monoisotopic (exact) mass is 374 g/mol. The summed E-state index contributed by atoms with van der Waals surface area (Å²) in [4.78, 5) is 2.01. The van der Waals surface area contributed by atoms with Crippen LogP contribution in [-0.4, -0.2) is 10.2 Å². The molecule has 2 nitrogen and oxygen atoms in total. The van der Waals surface area contributed by atoms with E-state index in [1.54, 1.807) is 23.9 Å². The summed E-state index contributed by atoms with van der Waals surface area (Å²) in [5, 5.41) is 18.8. The summed E-state index contributed by atoms with van der Waals surface area (Å²) >= 11 is 8.10. The Balaban J connectivity index is 2.25. The van der Waals surface area contributed by atoms with Gasteiger partial charge in [0.05, 0.1) is 8.95 Å². The number of benzene rings is 2. The van der Waals surface area contributed by atoms with Crippen molar-refractivity contribution in [2.24, 2.45) is 0 Å². The lowest BCUT2D eigenvalue weighted by molar-refractivity contribution is 0.471. The normalized spacial score (nSPS) is 10.5. The molecule has 0 heterocycles. The second kappa shape index (κ2) is 5.33. The van der Waals surface area contributed by atoms with E-state index in [9.17, 15) is 10.2 Å². The van der Waals surface area contributed by atoms with Crippen LogP contribution in [0.1, 0.15) is 0 Å². The van der Waals surface area contributed by atoms with Gasteiger partial charge in [0, 0.05) is 9.79 Å². The zero-order valence-electron chi connectivity index (χ0n) is 8.52. The van der Waals surface area contributed by atoms with Crippen molar-refractivity contribution in [3.05, 3.63) is 45.3 Å². The first-order valence-corrected chi connectivity index (χ1v) is 7.11. The summed E-state index contributed by atoms with van der Waals surface area (Å²) in [6.07, 6.45) is 0. The number of rotatable bonds is 2. The average molecular weight is 376 g/mol. The minimum Gasteiger partial charge on any atom is -0.507 e. The standard InChI is InChI=1S/C12H8Br2O2S/c13-9-5-7(1-3-11(9)15)17-8-2-4-12(16)10(14)6-8/h1-6,15-16H. The highest BCUT2D eigenvalue weighted by atomic mass is 79.9. The molecular weight excluding hydrogens is 368 g/mol. The van der Waals surface area contributed by atoms with Crippen LogP contribution < -0.4 is 0 Å². The van der Waals surface area contributed by atoms with Crippen LogP contribution in [0.2, 0.25) is 0 Å². The van der Waals surface area contributed by atoms with Gasteiger partial charge in [-0.1, -0.05) is 11.8 Å². The van der Waals surface area contributed by atoms with E-state index in [1.807, 2.05) is 24.3 Å². The van der Waals surface area contributed by atoms with Gasteiger partial charge in [0.25, 0.3) is 0 Å². The maximum atomic E-state index is 9.39. The summed E-state index contributed by atoms with van der Waals surface area (Å²) in [7, 11) is 0. The summed E-state index contributed by atoms with van der Waals surface area (Å²) in [6, 6.07) is 10.7. The Labute approximate surface area is 120 Å². The van der Waals surface area contributed by atoms with Gasteiger partial charge in [-0.15, -0.1) is 0 Å². The summed E-state index contributed by atoms with van der Waals surface area (Å²) in [6.45, 7) is 0. The molecule has 0 aromatic heterocycles. The number of phenols is 2. The largest absolute Gasteiger partial charge is 0.507 e. The van der Waals surface area contributed by atoms with Crippen LogP contribution in [0.4, 0.5) is 0 Å². The number of hydrogen-bond acceptors (Lipinski definition) is 3. The SMILES string of the molecule is Oc1ccc(Sc2ccc(O)c(Br)c2)cc1Br. The Kier molecular flexibility index (Phi) is 4.01. The van der Waals surface area contributed by atoms with Crippen molar-refractivity contribution < 1.29 is 10.2 Å². The van der Waals surface area contributed by atoms with Gasteiger partial charge in [0.15, 0.2) is 0 Å². The molecule has 0 saturated carbocycles. The van der Waals surface area contributed by atoms with Gasteiger partial charge in [-0.25, -0.2) is 0 Å². The summed E-state index contributed by atoms with van der Waals surface area (Å²) in [5.41, 5.74) is 0. The lowest BCUT2D eigenvalue weighted by Gasteiger charge is -2.05. The average Bonchev–Trinajstić information content (AvgIpc) is 2.29. The van der Waals surface area contributed by atoms with Gasteiger partial charge in [0.1, 0.15) is 11.5 Å². The maximum absolute atomic E-state index is 9.39. The van der Waals surface area contributed by atoms with Crippen molar-refractivity contribution in [2.45, 2.75) is 9.79 Å². The van der Waals surface area contributed by atoms with Crippen molar-refractivity contribution in [1.82, 2.24) is 0 Å². The number of hydrogen-bond donors (Lipinski definition) is 2. The molecule has 2 rings (SSSR count). The van der Waals surface area contributed by atoms with Crippen molar-refractivity contribution in [2.75, 3.05) is 0 Å². The molecule has 0 aliphatic carbocycles. The first kappa shape index (κ1) is 12.8. The van der Waals surface area contributed by atoms with E-state index >= 15 is 0 Å². The molecule has 0 aliphatic heterocycles. The van der Waals surface area contributed by atoms with Gasteiger partial charge in [-0.2, -0.15) is 0 Å². The first-order valence-electron chi connectivity index (χ1n) is 4.71. The molecule has 0 unspecified atom stereocenters. The van der Waals surface area contributed by atoms with Crippen molar-refractivity contribution in [3.8, 4) is 11.5 Å². The fraction of sp³-hybridized carbons (Fsp3) is 0. The van der Waals surface area contributed by atoms with Gasteiger partial charge in [0.2, 0.25) is 0 Å². The fourth-order valence-electron chi connectivity index (χ4n) is 1.24. The van der Waals surface area contributed by atoms with E-state index in [1.165, 1.54) is 0 Å². The molecule has 88 valence electrons. The number of halogens is 2. The third kappa shape index (κ3) is 3.18. The quantitative estimate of drug-likeness (QED) is 0.793. The molecule has 0 spiro atoms. The molecular formula is C12H8Br2O2S. The second-order valence-corrected chi connectivity index (χ2v) is 6.18. The van der Waals surface area contributed by atoms with Crippen LogP contribution in [-0.2, 0) is 0 Å². The minimum absolute atomic E-state index is 0.223. The van der Waals surface area contributed by atoms with Gasteiger partial charge < -0.3 is 10.2 Å². The number of aromatic hydroxyl groups is 2. The molecule has 0 saturated heterocycles. The topological polar surface area (TPSA) is 40.5 Å². The minimum atomic E-state index is 0.223. The Morgan fingerprint density at radius 3 is 1.53 bits per heavy atom. The molecule has 0 fully saturated rings. The smallest absolute Gasteiger partial charge is 0.129 e. The molecule has 0 atom stereocenters. The lowest BCUT2D eigenvalue weighted by atomic mass is 10.3. The highest BCUT2D eigenvalue weighted by molar-refractivity contribution is 9.10. The molecule has 0 aliphatic rings. The van der Waals surface area contributed by atoms with Gasteiger partial charge in [-0.05, 0) is 68.3 Å². The van der Waals surface area contributed by atoms with E-state index < -0.39 is 0 Å². The Morgan fingerprint density at radius 2 is 1.18 bits per heavy atom. The van der Waals surface area contributed by atoms with Gasteiger partial charge in [-0.3, -0.25) is 0 Å². The molecule has 0 amide bonds.